The molecule has 0 aliphatic rings. The third-order valence-electron chi connectivity index (χ3n) is 3.09. The highest BCUT2D eigenvalue weighted by molar-refractivity contribution is 5.99. The monoisotopic (exact) mass is 280 g/mol. The molecule has 0 radical (unpaired) electrons. The van der Waals surface area contributed by atoms with E-state index < -0.39 is 12.0 Å². The molecule has 0 aromatic heterocycles. The number of methoxy groups -OCH3 is 1. The van der Waals surface area contributed by atoms with Crippen molar-refractivity contribution >= 4 is 17.6 Å². The number of rotatable bonds is 6. The fraction of sp³-hybridized carbons (Fsp3) is 0.429. The summed E-state index contributed by atoms with van der Waals surface area (Å²) < 4.78 is 5.08. The minimum atomic E-state index is -0.942. The Morgan fingerprint density at radius 2 is 2.10 bits per heavy atom. The highest BCUT2D eigenvalue weighted by Gasteiger charge is 2.23. The molecule has 0 heterocycles. The summed E-state index contributed by atoms with van der Waals surface area (Å²) in [6.45, 7) is 3.91. The molecular weight excluding hydrogens is 260 g/mol. The van der Waals surface area contributed by atoms with E-state index in [4.69, 9.17) is 15.6 Å². The Morgan fingerprint density at radius 3 is 2.60 bits per heavy atom. The molecule has 0 fully saturated rings. The molecule has 110 valence electrons. The summed E-state index contributed by atoms with van der Waals surface area (Å²) in [5, 5.41) is 8.83. The summed E-state index contributed by atoms with van der Waals surface area (Å²) >= 11 is 0. The molecule has 0 saturated carbocycles. The maximum atomic E-state index is 12.5. The van der Waals surface area contributed by atoms with Crippen LogP contribution in [0.15, 0.2) is 18.2 Å². The Labute approximate surface area is 118 Å². The highest BCUT2D eigenvalue weighted by Crippen LogP contribution is 2.22. The third-order valence-corrected chi connectivity index (χ3v) is 3.09. The summed E-state index contributed by atoms with van der Waals surface area (Å²) in [5.41, 5.74) is 6.49. The number of carboxylic acids is 1. The van der Waals surface area contributed by atoms with Gasteiger partial charge < -0.3 is 20.5 Å². The van der Waals surface area contributed by atoms with E-state index in [0.717, 1.165) is 0 Å². The number of nitrogen functional groups attached to an aromatic ring is 1. The Balaban J connectivity index is 3.04. The predicted molar refractivity (Wildman–Crippen MR) is 75.8 cm³/mol. The van der Waals surface area contributed by atoms with E-state index in [1.165, 1.54) is 12.0 Å². The van der Waals surface area contributed by atoms with Gasteiger partial charge in [-0.05, 0) is 32.0 Å². The lowest BCUT2D eigenvalue weighted by molar-refractivity contribution is -0.138. The summed E-state index contributed by atoms with van der Waals surface area (Å²) in [5.74, 6) is -0.704. The lowest BCUT2D eigenvalue weighted by Gasteiger charge is -2.27. The van der Waals surface area contributed by atoms with Crippen molar-refractivity contribution in [1.29, 1.82) is 0 Å². The van der Waals surface area contributed by atoms with Crippen LogP contribution in [0.1, 0.15) is 30.6 Å². The molecule has 0 saturated heterocycles. The molecule has 0 aliphatic carbocycles. The second-order valence-corrected chi connectivity index (χ2v) is 4.49. The summed E-state index contributed by atoms with van der Waals surface area (Å²) in [6.07, 6.45) is -0.108. The highest BCUT2D eigenvalue weighted by atomic mass is 16.5. The van der Waals surface area contributed by atoms with Crippen LogP contribution in [-0.4, -0.2) is 41.6 Å². The fourth-order valence-corrected chi connectivity index (χ4v) is 2.02. The Hall–Kier alpha value is -2.24. The van der Waals surface area contributed by atoms with Gasteiger partial charge in [0.25, 0.3) is 5.91 Å². The maximum absolute atomic E-state index is 12.5. The van der Waals surface area contributed by atoms with Crippen LogP contribution in [-0.2, 0) is 4.79 Å². The van der Waals surface area contributed by atoms with Crippen molar-refractivity contribution in [3.05, 3.63) is 23.8 Å². The zero-order valence-electron chi connectivity index (χ0n) is 11.9. The molecule has 1 amide bonds. The minimum Gasteiger partial charge on any atom is -0.497 e. The number of ether oxygens (including phenoxy) is 1. The first-order chi connectivity index (χ1) is 9.40. The average molecular weight is 280 g/mol. The maximum Gasteiger partial charge on any atom is 0.305 e. The van der Waals surface area contributed by atoms with E-state index in [0.29, 0.717) is 23.5 Å². The third kappa shape index (κ3) is 3.63. The predicted octanol–water partition coefficient (Wildman–Crippen LogP) is 1.60. The Kier molecular flexibility index (Phi) is 5.37. The van der Waals surface area contributed by atoms with Crippen LogP contribution in [0.5, 0.6) is 5.75 Å². The average Bonchev–Trinajstić information content (AvgIpc) is 2.39. The number of carbonyl (C=O) groups is 2. The lowest BCUT2D eigenvalue weighted by Crippen LogP contribution is -2.40. The van der Waals surface area contributed by atoms with Crippen molar-refractivity contribution in [2.45, 2.75) is 26.3 Å². The summed E-state index contributed by atoms with van der Waals surface area (Å²) in [7, 11) is 1.50. The number of aliphatic carboxylic acids is 1. The van der Waals surface area contributed by atoms with Crippen LogP contribution >= 0.6 is 0 Å². The van der Waals surface area contributed by atoms with Gasteiger partial charge in [0.2, 0.25) is 0 Å². The molecule has 20 heavy (non-hydrogen) atoms. The normalized spacial score (nSPS) is 11.8. The molecule has 3 N–H and O–H groups in total. The Bertz CT molecular complexity index is 502. The number of benzene rings is 1. The largest absolute Gasteiger partial charge is 0.497 e. The SMILES string of the molecule is CCN(C(=O)c1cc(OC)ccc1N)C(C)CC(=O)O. The van der Waals surface area contributed by atoms with Crippen molar-refractivity contribution in [2.75, 3.05) is 19.4 Å². The van der Waals surface area contributed by atoms with Gasteiger partial charge in [-0.15, -0.1) is 0 Å². The lowest BCUT2D eigenvalue weighted by atomic mass is 10.1. The molecule has 0 spiro atoms. The second kappa shape index (κ2) is 6.79. The molecule has 1 aromatic rings. The van der Waals surface area contributed by atoms with Crippen LogP contribution < -0.4 is 10.5 Å². The summed E-state index contributed by atoms with van der Waals surface area (Å²) in [6, 6.07) is 4.43. The molecular formula is C14H20N2O4. The van der Waals surface area contributed by atoms with E-state index in [1.807, 2.05) is 0 Å². The van der Waals surface area contributed by atoms with Gasteiger partial charge in [-0.1, -0.05) is 0 Å². The van der Waals surface area contributed by atoms with E-state index in [2.05, 4.69) is 0 Å². The van der Waals surface area contributed by atoms with Gasteiger partial charge in [-0.2, -0.15) is 0 Å². The molecule has 0 aliphatic heterocycles. The van der Waals surface area contributed by atoms with Crippen LogP contribution in [0, 0.1) is 0 Å². The van der Waals surface area contributed by atoms with E-state index in [9.17, 15) is 9.59 Å². The molecule has 1 aromatic carbocycles. The zero-order chi connectivity index (χ0) is 15.3. The number of amides is 1. The van der Waals surface area contributed by atoms with Gasteiger partial charge in [0, 0.05) is 18.3 Å². The van der Waals surface area contributed by atoms with Crippen molar-refractivity contribution in [2.24, 2.45) is 0 Å². The number of nitrogens with two attached hydrogens (primary N) is 1. The van der Waals surface area contributed by atoms with Crippen LogP contribution in [0.2, 0.25) is 0 Å². The number of nitrogens with zero attached hydrogens (tertiary/aromatic N) is 1. The van der Waals surface area contributed by atoms with E-state index in [1.54, 1.807) is 32.0 Å². The first-order valence-electron chi connectivity index (χ1n) is 6.37. The van der Waals surface area contributed by atoms with Crippen molar-refractivity contribution < 1.29 is 19.4 Å². The van der Waals surface area contributed by atoms with Crippen LogP contribution in [0.3, 0.4) is 0 Å². The Morgan fingerprint density at radius 1 is 1.45 bits per heavy atom. The quantitative estimate of drug-likeness (QED) is 0.772. The minimum absolute atomic E-state index is 0.108. The number of carboxylic acid groups (broad SMARTS) is 1. The van der Waals surface area contributed by atoms with E-state index >= 15 is 0 Å². The number of hydrogen-bond donors (Lipinski definition) is 2. The first-order valence-corrected chi connectivity index (χ1v) is 6.37. The molecule has 6 nitrogen and oxygen atoms in total. The summed E-state index contributed by atoms with van der Waals surface area (Å²) in [4.78, 5) is 24.7. The van der Waals surface area contributed by atoms with Gasteiger partial charge in [0.1, 0.15) is 5.75 Å². The van der Waals surface area contributed by atoms with Crippen molar-refractivity contribution in [3.63, 3.8) is 0 Å². The molecule has 0 bridgehead atoms. The number of hydrogen-bond acceptors (Lipinski definition) is 4. The number of anilines is 1. The standard InChI is InChI=1S/C14H20N2O4/c1-4-16(9(2)7-13(17)18)14(19)11-8-10(20-3)5-6-12(11)15/h5-6,8-9H,4,7,15H2,1-3H3,(H,17,18). The second-order valence-electron chi connectivity index (χ2n) is 4.49. The van der Waals surface area contributed by atoms with Gasteiger partial charge in [-0.3, -0.25) is 9.59 Å². The number of carbonyl (C=O) groups excluding carboxylic acids is 1. The van der Waals surface area contributed by atoms with Gasteiger partial charge in [0.15, 0.2) is 0 Å². The van der Waals surface area contributed by atoms with Crippen molar-refractivity contribution in [1.82, 2.24) is 4.90 Å². The molecule has 1 unspecified atom stereocenters. The van der Waals surface area contributed by atoms with Crippen LogP contribution in [0.4, 0.5) is 5.69 Å². The van der Waals surface area contributed by atoms with Gasteiger partial charge in [0.05, 0.1) is 19.1 Å². The smallest absolute Gasteiger partial charge is 0.305 e. The molecule has 1 atom stereocenters. The van der Waals surface area contributed by atoms with Gasteiger partial charge in [-0.25, -0.2) is 0 Å². The van der Waals surface area contributed by atoms with Crippen LogP contribution in [0.25, 0.3) is 0 Å². The van der Waals surface area contributed by atoms with E-state index in [-0.39, 0.29) is 12.3 Å². The molecule has 1 rings (SSSR count). The topological polar surface area (TPSA) is 92.9 Å². The van der Waals surface area contributed by atoms with Gasteiger partial charge >= 0.3 is 5.97 Å². The molecule has 6 heteroatoms. The zero-order valence-corrected chi connectivity index (χ0v) is 11.9. The van der Waals surface area contributed by atoms with Crippen molar-refractivity contribution in [3.8, 4) is 5.75 Å². The first kappa shape index (κ1) is 15.8. The fourth-order valence-electron chi connectivity index (χ4n) is 2.02.